The molecule has 1 aromatic rings. The van der Waals surface area contributed by atoms with Crippen LogP contribution in [0.25, 0.3) is 0 Å². The summed E-state index contributed by atoms with van der Waals surface area (Å²) < 4.78 is 4.93. The van der Waals surface area contributed by atoms with E-state index in [2.05, 4.69) is 10.3 Å². The highest BCUT2D eigenvalue weighted by Crippen LogP contribution is 2.23. The van der Waals surface area contributed by atoms with Crippen molar-refractivity contribution in [1.29, 1.82) is 0 Å². The van der Waals surface area contributed by atoms with E-state index in [1.165, 1.54) is 11.3 Å². The van der Waals surface area contributed by atoms with E-state index in [4.69, 9.17) is 16.3 Å². The van der Waals surface area contributed by atoms with Crippen molar-refractivity contribution in [2.75, 3.05) is 18.5 Å². The monoisotopic (exact) mass is 262 g/mol. The van der Waals surface area contributed by atoms with Crippen molar-refractivity contribution < 1.29 is 9.53 Å². The molecule has 0 spiro atoms. The van der Waals surface area contributed by atoms with Crippen molar-refractivity contribution in [3.8, 4) is 0 Å². The van der Waals surface area contributed by atoms with Crippen LogP contribution in [0.4, 0.5) is 5.13 Å². The van der Waals surface area contributed by atoms with E-state index in [1.807, 2.05) is 6.92 Å². The largest absolute Gasteiger partial charge is 0.462 e. The molecule has 0 bridgehead atoms. The second kappa shape index (κ2) is 6.06. The van der Waals surface area contributed by atoms with Crippen LogP contribution >= 0.6 is 22.9 Å². The zero-order valence-corrected chi connectivity index (χ0v) is 11.1. The fourth-order valence-corrected chi connectivity index (χ4v) is 2.03. The summed E-state index contributed by atoms with van der Waals surface area (Å²) >= 11 is 7.10. The van der Waals surface area contributed by atoms with E-state index in [9.17, 15) is 4.79 Å². The summed E-state index contributed by atoms with van der Waals surface area (Å²) in [6.45, 7) is 6.45. The minimum atomic E-state index is -0.315. The summed E-state index contributed by atoms with van der Waals surface area (Å²) in [6.07, 6.45) is 0. The highest BCUT2D eigenvalue weighted by Gasteiger charge is 2.16. The molecule has 0 aliphatic heterocycles. The minimum Gasteiger partial charge on any atom is -0.462 e. The molecule has 0 radical (unpaired) electrons. The van der Waals surface area contributed by atoms with E-state index in [0.29, 0.717) is 28.9 Å². The number of halogens is 1. The third-order valence-corrected chi connectivity index (χ3v) is 3.04. The van der Waals surface area contributed by atoms with Gasteiger partial charge in [0, 0.05) is 11.9 Å². The quantitative estimate of drug-likeness (QED) is 0.655. The first-order chi connectivity index (χ1) is 7.54. The van der Waals surface area contributed by atoms with Gasteiger partial charge in [0.2, 0.25) is 0 Å². The van der Waals surface area contributed by atoms with Crippen LogP contribution in [0.2, 0.25) is 0 Å². The number of aromatic nitrogens is 1. The Balaban J connectivity index is 2.69. The maximum absolute atomic E-state index is 11.5. The molecule has 0 amide bonds. The smallest absolute Gasteiger partial charge is 0.350 e. The number of hydrogen-bond donors (Lipinski definition) is 1. The number of aryl methyl sites for hydroxylation is 1. The molecule has 0 aliphatic rings. The van der Waals surface area contributed by atoms with E-state index in [0.717, 1.165) is 0 Å². The second-order valence-electron chi connectivity index (χ2n) is 3.32. The van der Waals surface area contributed by atoms with Crippen molar-refractivity contribution >= 4 is 34.0 Å². The maximum Gasteiger partial charge on any atom is 0.350 e. The molecule has 1 rings (SSSR count). The van der Waals surface area contributed by atoms with Gasteiger partial charge in [-0.1, -0.05) is 11.3 Å². The molecule has 90 valence electrons. The summed E-state index contributed by atoms with van der Waals surface area (Å²) in [5.74, 6) is -0.315. The molecular weight excluding hydrogens is 248 g/mol. The number of anilines is 1. The van der Waals surface area contributed by atoms with Gasteiger partial charge in [-0.25, -0.2) is 9.78 Å². The lowest BCUT2D eigenvalue weighted by Crippen LogP contribution is -2.09. The lowest BCUT2D eigenvalue weighted by atomic mass is 10.4. The van der Waals surface area contributed by atoms with Crippen LogP contribution in [0.1, 0.15) is 29.2 Å². The molecule has 0 aliphatic carbocycles. The number of carbonyl (C=O) groups is 1. The summed E-state index contributed by atoms with van der Waals surface area (Å²) in [7, 11) is 0. The number of rotatable bonds is 5. The van der Waals surface area contributed by atoms with Crippen molar-refractivity contribution in [1.82, 2.24) is 4.98 Å². The Bertz CT molecular complexity index is 366. The van der Waals surface area contributed by atoms with Crippen LogP contribution in [-0.2, 0) is 4.74 Å². The van der Waals surface area contributed by atoms with Crippen molar-refractivity contribution in [3.63, 3.8) is 0 Å². The Hall–Kier alpha value is -0.810. The van der Waals surface area contributed by atoms with Gasteiger partial charge in [-0.05, 0) is 20.8 Å². The molecule has 4 nitrogen and oxygen atoms in total. The number of hydrogen-bond acceptors (Lipinski definition) is 5. The molecule has 0 saturated carbocycles. The fraction of sp³-hybridized carbons (Fsp3) is 0.600. The zero-order chi connectivity index (χ0) is 12.1. The van der Waals surface area contributed by atoms with E-state index in [1.54, 1.807) is 13.8 Å². The summed E-state index contributed by atoms with van der Waals surface area (Å²) in [5.41, 5.74) is 0.688. The molecule has 0 fully saturated rings. The number of thiazole rings is 1. The summed E-state index contributed by atoms with van der Waals surface area (Å²) in [6, 6.07) is 0. The van der Waals surface area contributed by atoms with E-state index in [-0.39, 0.29) is 11.3 Å². The van der Waals surface area contributed by atoms with Crippen molar-refractivity contribution in [2.45, 2.75) is 26.1 Å². The molecule has 1 aromatic heterocycles. The molecule has 0 aromatic carbocycles. The first-order valence-electron chi connectivity index (χ1n) is 5.07. The molecule has 1 N–H and O–H groups in total. The van der Waals surface area contributed by atoms with Gasteiger partial charge in [0.25, 0.3) is 0 Å². The SMILES string of the molecule is CCOC(=O)c1sc(NCC(C)Cl)nc1C. The van der Waals surface area contributed by atoms with Gasteiger partial charge < -0.3 is 10.1 Å². The van der Waals surface area contributed by atoms with Gasteiger partial charge in [0.1, 0.15) is 4.88 Å². The van der Waals surface area contributed by atoms with Crippen LogP contribution in [0.5, 0.6) is 0 Å². The van der Waals surface area contributed by atoms with Crippen LogP contribution in [0, 0.1) is 6.92 Å². The molecule has 6 heteroatoms. The normalized spacial score (nSPS) is 12.2. The van der Waals surface area contributed by atoms with Gasteiger partial charge in [-0.15, -0.1) is 11.6 Å². The number of nitrogens with zero attached hydrogens (tertiary/aromatic N) is 1. The minimum absolute atomic E-state index is 0.0234. The predicted molar refractivity (Wildman–Crippen MR) is 66.6 cm³/mol. The third-order valence-electron chi connectivity index (χ3n) is 1.79. The van der Waals surface area contributed by atoms with Crippen molar-refractivity contribution in [2.24, 2.45) is 0 Å². The first kappa shape index (κ1) is 13.3. The average molecular weight is 263 g/mol. The predicted octanol–water partition coefficient (Wildman–Crippen LogP) is 2.67. The average Bonchev–Trinajstić information content (AvgIpc) is 2.57. The fourth-order valence-electron chi connectivity index (χ4n) is 1.09. The van der Waals surface area contributed by atoms with E-state index < -0.39 is 0 Å². The van der Waals surface area contributed by atoms with Gasteiger partial charge in [-0.2, -0.15) is 0 Å². The number of carbonyl (C=O) groups excluding carboxylic acids is 1. The van der Waals surface area contributed by atoms with E-state index >= 15 is 0 Å². The summed E-state index contributed by atoms with van der Waals surface area (Å²) in [4.78, 5) is 16.3. The zero-order valence-electron chi connectivity index (χ0n) is 9.54. The number of esters is 1. The third kappa shape index (κ3) is 3.64. The van der Waals surface area contributed by atoms with Crippen LogP contribution in [0.15, 0.2) is 0 Å². The number of nitrogens with one attached hydrogen (secondary N) is 1. The lowest BCUT2D eigenvalue weighted by Gasteiger charge is -2.02. The number of alkyl halides is 1. The van der Waals surface area contributed by atoms with Gasteiger partial charge in [0.05, 0.1) is 12.3 Å². The Morgan fingerprint density at radius 3 is 2.94 bits per heavy atom. The molecule has 1 unspecified atom stereocenters. The highest BCUT2D eigenvalue weighted by atomic mass is 35.5. The molecule has 0 saturated heterocycles. The highest BCUT2D eigenvalue weighted by molar-refractivity contribution is 7.17. The first-order valence-corrected chi connectivity index (χ1v) is 6.32. The standard InChI is InChI=1S/C10H15ClN2O2S/c1-4-15-9(14)8-7(3)13-10(16-8)12-5-6(2)11/h6H,4-5H2,1-3H3,(H,12,13). The van der Waals surface area contributed by atoms with Gasteiger partial charge in [-0.3, -0.25) is 0 Å². The Labute approximate surface area is 104 Å². The van der Waals surface area contributed by atoms with Crippen LogP contribution < -0.4 is 5.32 Å². The molecule has 1 atom stereocenters. The maximum atomic E-state index is 11.5. The van der Waals surface area contributed by atoms with Crippen molar-refractivity contribution in [3.05, 3.63) is 10.6 Å². The Kier molecular flexibility index (Phi) is 5.02. The van der Waals surface area contributed by atoms with Crippen LogP contribution in [0.3, 0.4) is 0 Å². The number of ether oxygens (including phenoxy) is 1. The Morgan fingerprint density at radius 2 is 2.38 bits per heavy atom. The molecule has 1 heterocycles. The topological polar surface area (TPSA) is 51.2 Å². The second-order valence-corrected chi connectivity index (χ2v) is 5.06. The summed E-state index contributed by atoms with van der Waals surface area (Å²) in [5, 5.41) is 3.80. The van der Waals surface area contributed by atoms with Gasteiger partial charge >= 0.3 is 5.97 Å². The Morgan fingerprint density at radius 1 is 1.69 bits per heavy atom. The lowest BCUT2D eigenvalue weighted by molar-refractivity contribution is 0.0531. The molecule has 16 heavy (non-hydrogen) atoms. The van der Waals surface area contributed by atoms with Gasteiger partial charge in [0.15, 0.2) is 5.13 Å². The van der Waals surface area contributed by atoms with Crippen LogP contribution in [-0.4, -0.2) is 29.5 Å². The molecular formula is C10H15ClN2O2S.